The maximum Gasteiger partial charge on any atom is 0.256 e. The van der Waals surface area contributed by atoms with Crippen LogP contribution in [0.3, 0.4) is 0 Å². The number of carbonyl (C=O) groups excluding carboxylic acids is 2. The molecule has 6 nitrogen and oxygen atoms in total. The van der Waals surface area contributed by atoms with Gasteiger partial charge >= 0.3 is 0 Å². The van der Waals surface area contributed by atoms with E-state index in [-0.39, 0.29) is 21.2 Å². The topological polar surface area (TPSA) is 84.0 Å². The summed E-state index contributed by atoms with van der Waals surface area (Å²) in [7, 11) is 0. The Hall–Kier alpha value is -2.96. The van der Waals surface area contributed by atoms with Crippen molar-refractivity contribution in [1.29, 1.82) is 0 Å². The molecule has 0 aliphatic heterocycles. The summed E-state index contributed by atoms with van der Waals surface area (Å²) in [6, 6.07) is 9.43. The summed E-state index contributed by atoms with van der Waals surface area (Å²) in [5, 5.41) is 5.67. The Morgan fingerprint density at radius 1 is 0.769 bits per heavy atom. The SMILES string of the molecule is O=C(Nc1cccnc1)c1cc(Cl)c(Cl)cc1C(=O)Nc1cccnc1. The molecule has 0 unspecified atom stereocenters. The first-order valence-electron chi connectivity index (χ1n) is 7.46. The molecular weight excluding hydrogens is 375 g/mol. The fraction of sp³-hybridized carbons (Fsp3) is 0. The van der Waals surface area contributed by atoms with Crippen molar-refractivity contribution in [1.82, 2.24) is 9.97 Å². The van der Waals surface area contributed by atoms with Crippen LogP contribution in [-0.2, 0) is 0 Å². The molecule has 3 aromatic rings. The second kappa shape index (κ2) is 7.95. The maximum atomic E-state index is 12.6. The normalized spacial score (nSPS) is 10.2. The quantitative estimate of drug-likeness (QED) is 0.700. The first kappa shape index (κ1) is 17.8. The van der Waals surface area contributed by atoms with Gasteiger partial charge in [0.2, 0.25) is 0 Å². The average molecular weight is 387 g/mol. The van der Waals surface area contributed by atoms with E-state index in [0.29, 0.717) is 11.4 Å². The van der Waals surface area contributed by atoms with E-state index in [1.54, 1.807) is 36.7 Å². The first-order valence-corrected chi connectivity index (χ1v) is 8.22. The van der Waals surface area contributed by atoms with Crippen molar-refractivity contribution >= 4 is 46.4 Å². The van der Waals surface area contributed by atoms with Gasteiger partial charge in [-0.3, -0.25) is 19.6 Å². The highest BCUT2D eigenvalue weighted by atomic mass is 35.5. The predicted molar refractivity (Wildman–Crippen MR) is 101 cm³/mol. The van der Waals surface area contributed by atoms with Gasteiger partial charge in [-0.2, -0.15) is 0 Å². The van der Waals surface area contributed by atoms with Gasteiger partial charge in [-0.05, 0) is 36.4 Å². The van der Waals surface area contributed by atoms with E-state index < -0.39 is 11.8 Å². The lowest BCUT2D eigenvalue weighted by Gasteiger charge is -2.12. The van der Waals surface area contributed by atoms with Crippen molar-refractivity contribution < 1.29 is 9.59 Å². The molecule has 0 saturated carbocycles. The number of pyridine rings is 2. The molecule has 0 radical (unpaired) electrons. The van der Waals surface area contributed by atoms with Crippen LogP contribution in [0, 0.1) is 0 Å². The summed E-state index contributed by atoms with van der Waals surface area (Å²) in [6.07, 6.45) is 6.15. The van der Waals surface area contributed by atoms with Crippen LogP contribution < -0.4 is 10.6 Å². The lowest BCUT2D eigenvalue weighted by Crippen LogP contribution is -2.20. The summed E-state index contributed by atoms with van der Waals surface area (Å²) in [6.45, 7) is 0. The molecule has 130 valence electrons. The molecule has 2 amide bonds. The zero-order valence-electron chi connectivity index (χ0n) is 13.2. The summed E-state index contributed by atoms with van der Waals surface area (Å²) >= 11 is 12.1. The van der Waals surface area contributed by atoms with E-state index in [2.05, 4.69) is 20.6 Å². The second-order valence-electron chi connectivity index (χ2n) is 5.20. The second-order valence-corrected chi connectivity index (χ2v) is 6.02. The number of carbonyl (C=O) groups is 2. The van der Waals surface area contributed by atoms with Gasteiger partial charge in [-0.1, -0.05) is 23.2 Å². The van der Waals surface area contributed by atoms with E-state index in [1.807, 2.05) is 0 Å². The zero-order valence-corrected chi connectivity index (χ0v) is 14.8. The highest BCUT2D eigenvalue weighted by Crippen LogP contribution is 2.27. The van der Waals surface area contributed by atoms with Crippen LogP contribution in [0.25, 0.3) is 0 Å². The van der Waals surface area contributed by atoms with Gasteiger partial charge in [0.15, 0.2) is 0 Å². The van der Waals surface area contributed by atoms with Gasteiger partial charge in [-0.25, -0.2) is 0 Å². The number of rotatable bonds is 4. The van der Waals surface area contributed by atoms with Crippen molar-refractivity contribution in [2.24, 2.45) is 0 Å². The van der Waals surface area contributed by atoms with Crippen LogP contribution >= 0.6 is 23.2 Å². The largest absolute Gasteiger partial charge is 0.321 e. The third kappa shape index (κ3) is 4.17. The molecule has 0 atom stereocenters. The summed E-state index contributed by atoms with van der Waals surface area (Å²) in [4.78, 5) is 33.1. The van der Waals surface area contributed by atoms with E-state index in [9.17, 15) is 9.59 Å². The molecule has 3 rings (SSSR count). The van der Waals surface area contributed by atoms with Crippen LogP contribution in [0.1, 0.15) is 20.7 Å². The lowest BCUT2D eigenvalue weighted by atomic mass is 10.1. The molecule has 26 heavy (non-hydrogen) atoms. The number of hydrogen-bond donors (Lipinski definition) is 2. The first-order chi connectivity index (χ1) is 12.5. The number of aromatic nitrogens is 2. The third-order valence-corrected chi connectivity index (χ3v) is 4.11. The van der Waals surface area contributed by atoms with Crippen LogP contribution in [0.15, 0.2) is 61.2 Å². The average Bonchev–Trinajstić information content (AvgIpc) is 2.65. The van der Waals surface area contributed by atoms with Crippen molar-refractivity contribution in [2.45, 2.75) is 0 Å². The molecule has 0 aliphatic rings. The molecule has 0 saturated heterocycles. The minimum atomic E-state index is -0.507. The Bertz CT molecular complexity index is 872. The molecule has 0 bridgehead atoms. The fourth-order valence-corrected chi connectivity index (χ4v) is 2.52. The number of nitrogens with zero attached hydrogens (tertiary/aromatic N) is 2. The van der Waals surface area contributed by atoms with Crippen molar-refractivity contribution in [3.8, 4) is 0 Å². The van der Waals surface area contributed by atoms with Gasteiger partial charge in [0.05, 0.1) is 44.9 Å². The number of benzene rings is 1. The van der Waals surface area contributed by atoms with Gasteiger partial charge in [0.25, 0.3) is 11.8 Å². The van der Waals surface area contributed by atoms with Crippen LogP contribution in [0.2, 0.25) is 10.0 Å². The fourth-order valence-electron chi connectivity index (χ4n) is 2.19. The molecule has 0 fully saturated rings. The summed E-state index contributed by atoms with van der Waals surface area (Å²) in [5.74, 6) is -1.01. The van der Waals surface area contributed by atoms with Gasteiger partial charge in [0, 0.05) is 12.4 Å². The molecule has 0 spiro atoms. The van der Waals surface area contributed by atoms with Crippen molar-refractivity contribution in [3.63, 3.8) is 0 Å². The third-order valence-electron chi connectivity index (χ3n) is 3.39. The van der Waals surface area contributed by atoms with Crippen LogP contribution in [0.5, 0.6) is 0 Å². The lowest BCUT2D eigenvalue weighted by molar-refractivity contribution is 0.0990. The van der Waals surface area contributed by atoms with Gasteiger partial charge in [-0.15, -0.1) is 0 Å². The number of amides is 2. The Balaban J connectivity index is 1.92. The van der Waals surface area contributed by atoms with E-state index in [1.165, 1.54) is 24.5 Å². The summed E-state index contributed by atoms with van der Waals surface area (Å²) < 4.78 is 0. The molecule has 1 aromatic carbocycles. The monoisotopic (exact) mass is 386 g/mol. The Morgan fingerprint density at radius 2 is 1.19 bits per heavy atom. The number of anilines is 2. The van der Waals surface area contributed by atoms with Crippen molar-refractivity contribution in [2.75, 3.05) is 10.6 Å². The van der Waals surface area contributed by atoms with Gasteiger partial charge < -0.3 is 10.6 Å². The molecule has 2 N–H and O–H groups in total. The van der Waals surface area contributed by atoms with Crippen LogP contribution in [0.4, 0.5) is 11.4 Å². The molecule has 2 heterocycles. The number of halogens is 2. The smallest absolute Gasteiger partial charge is 0.256 e. The number of hydrogen-bond acceptors (Lipinski definition) is 4. The minimum absolute atomic E-state index is 0.0876. The Morgan fingerprint density at radius 3 is 1.54 bits per heavy atom. The number of nitrogens with one attached hydrogen (secondary N) is 2. The van der Waals surface area contributed by atoms with E-state index in [4.69, 9.17) is 23.2 Å². The zero-order chi connectivity index (χ0) is 18.5. The Kier molecular flexibility index (Phi) is 5.46. The van der Waals surface area contributed by atoms with Crippen LogP contribution in [-0.4, -0.2) is 21.8 Å². The maximum absolute atomic E-state index is 12.6. The van der Waals surface area contributed by atoms with E-state index in [0.717, 1.165) is 0 Å². The highest BCUT2D eigenvalue weighted by molar-refractivity contribution is 6.42. The standard InChI is InChI=1S/C18H12Cl2N4O2/c19-15-7-13(17(25)23-11-3-1-5-21-9-11)14(8-16(15)20)18(26)24-12-4-2-6-22-10-12/h1-10H,(H,23,25)(H,24,26). The molecule has 2 aromatic heterocycles. The predicted octanol–water partition coefficient (Wildman–Crippen LogP) is 4.29. The highest BCUT2D eigenvalue weighted by Gasteiger charge is 2.20. The molecular formula is C18H12Cl2N4O2. The van der Waals surface area contributed by atoms with Crippen molar-refractivity contribution in [3.05, 3.63) is 82.4 Å². The van der Waals surface area contributed by atoms with E-state index >= 15 is 0 Å². The Labute approximate surface area is 159 Å². The minimum Gasteiger partial charge on any atom is -0.321 e. The van der Waals surface area contributed by atoms with Gasteiger partial charge in [0.1, 0.15) is 0 Å². The molecule has 8 heteroatoms. The molecule has 0 aliphatic carbocycles. The summed E-state index contributed by atoms with van der Waals surface area (Å²) in [5.41, 5.74) is 1.15.